The number of benzene rings is 1. The van der Waals surface area contributed by atoms with E-state index < -0.39 is 0 Å². The largest absolute Gasteiger partial charge is 0.315 e. The molecule has 3 aromatic heterocycles. The van der Waals surface area contributed by atoms with Gasteiger partial charge in [-0.2, -0.15) is 0 Å². The highest BCUT2D eigenvalue weighted by atomic mass is 15.1. The van der Waals surface area contributed by atoms with E-state index in [9.17, 15) is 0 Å². The van der Waals surface area contributed by atoms with Crippen molar-refractivity contribution in [3.8, 4) is 11.3 Å². The van der Waals surface area contributed by atoms with Crippen molar-refractivity contribution in [2.24, 2.45) is 0 Å². The van der Waals surface area contributed by atoms with Gasteiger partial charge in [0, 0.05) is 76.5 Å². The second kappa shape index (κ2) is 17.6. The maximum Gasteiger partial charge on any atom is 0.0746 e. The van der Waals surface area contributed by atoms with Crippen molar-refractivity contribution in [3.63, 3.8) is 0 Å². The predicted octanol–water partition coefficient (Wildman–Crippen LogP) is 4.11. The molecule has 4 heterocycles. The van der Waals surface area contributed by atoms with E-state index in [1.807, 2.05) is 42.9 Å². The molecule has 0 spiro atoms. The summed E-state index contributed by atoms with van der Waals surface area (Å²) in [7, 11) is 0. The second-order valence-corrected chi connectivity index (χ2v) is 11.2. The SMILES string of the molecule is c1ccc(CN(Cc2ccc(-c3ncccc3CN3CCCNCCNCCCNCC3)cc2)Cc2ccccn2)nc1. The quantitative estimate of drug-likeness (QED) is 0.274. The molecule has 0 atom stereocenters. The summed E-state index contributed by atoms with van der Waals surface area (Å²) in [5, 5.41) is 10.7. The Morgan fingerprint density at radius 2 is 1.23 bits per heavy atom. The maximum absolute atomic E-state index is 4.85. The van der Waals surface area contributed by atoms with Crippen LogP contribution >= 0.6 is 0 Å². The summed E-state index contributed by atoms with van der Waals surface area (Å²) in [5.74, 6) is 0. The van der Waals surface area contributed by atoms with Gasteiger partial charge >= 0.3 is 0 Å². The summed E-state index contributed by atoms with van der Waals surface area (Å²) >= 11 is 0. The standard InChI is InChI=1S/C35H46N8/c1-3-18-39-33(9-1)28-43(29-34-10-2-4-19-40-34)26-30-11-13-31(14-12-30)35-32(8-5-20-41-35)27-42-24-7-17-37-22-21-36-15-6-16-38-23-25-42/h1-5,8-14,18-20,36-38H,6-7,15-17,21-29H2. The molecule has 0 unspecified atom stereocenters. The number of nitrogens with zero attached hydrogens (tertiary/aromatic N) is 5. The summed E-state index contributed by atoms with van der Waals surface area (Å²) in [6, 6.07) is 25.4. The Labute approximate surface area is 257 Å². The Balaban J connectivity index is 1.25. The Morgan fingerprint density at radius 1 is 0.581 bits per heavy atom. The molecule has 1 fully saturated rings. The first kappa shape index (κ1) is 30.9. The maximum atomic E-state index is 4.85. The fourth-order valence-electron chi connectivity index (χ4n) is 5.53. The highest BCUT2D eigenvalue weighted by Gasteiger charge is 2.14. The molecule has 1 saturated heterocycles. The van der Waals surface area contributed by atoms with Gasteiger partial charge in [0.15, 0.2) is 0 Å². The lowest BCUT2D eigenvalue weighted by atomic mass is 10.0. The molecule has 0 aliphatic carbocycles. The van der Waals surface area contributed by atoms with Gasteiger partial charge in [-0.25, -0.2) is 0 Å². The van der Waals surface area contributed by atoms with E-state index in [0.717, 1.165) is 114 Å². The molecule has 1 aliphatic heterocycles. The normalized spacial score (nSPS) is 16.1. The van der Waals surface area contributed by atoms with Gasteiger partial charge in [0.1, 0.15) is 0 Å². The van der Waals surface area contributed by atoms with Gasteiger partial charge in [-0.1, -0.05) is 42.5 Å². The molecule has 1 aromatic carbocycles. The molecular weight excluding hydrogens is 532 g/mol. The average molecular weight is 579 g/mol. The second-order valence-electron chi connectivity index (χ2n) is 11.2. The van der Waals surface area contributed by atoms with Crippen LogP contribution in [0.1, 0.15) is 35.4 Å². The van der Waals surface area contributed by atoms with Crippen LogP contribution in [0.4, 0.5) is 0 Å². The number of hydrogen-bond donors (Lipinski definition) is 3. The van der Waals surface area contributed by atoms with Crippen LogP contribution in [0, 0.1) is 0 Å². The fraction of sp³-hybridized carbons (Fsp3) is 0.400. The Bertz CT molecular complexity index is 1260. The summed E-state index contributed by atoms with van der Waals surface area (Å²) in [6.07, 6.45) is 7.93. The number of aromatic nitrogens is 3. The molecule has 5 rings (SSSR count). The van der Waals surface area contributed by atoms with E-state index in [4.69, 9.17) is 4.98 Å². The van der Waals surface area contributed by atoms with Crippen LogP contribution in [0.25, 0.3) is 11.3 Å². The van der Waals surface area contributed by atoms with Crippen molar-refractivity contribution < 1.29 is 0 Å². The zero-order valence-electron chi connectivity index (χ0n) is 25.3. The molecule has 0 saturated carbocycles. The molecule has 8 heteroatoms. The van der Waals surface area contributed by atoms with Crippen LogP contribution in [0.5, 0.6) is 0 Å². The third-order valence-corrected chi connectivity index (χ3v) is 7.76. The van der Waals surface area contributed by atoms with Crippen molar-refractivity contribution in [2.45, 2.75) is 39.0 Å². The van der Waals surface area contributed by atoms with Gasteiger partial charge in [-0.3, -0.25) is 24.8 Å². The average Bonchev–Trinajstić information content (AvgIpc) is 3.04. The first-order chi connectivity index (χ1) is 21.3. The fourth-order valence-corrected chi connectivity index (χ4v) is 5.53. The number of rotatable bonds is 9. The van der Waals surface area contributed by atoms with Crippen LogP contribution in [0.15, 0.2) is 91.4 Å². The summed E-state index contributed by atoms with van der Waals surface area (Å²) < 4.78 is 0. The topological polar surface area (TPSA) is 81.2 Å². The Morgan fingerprint density at radius 3 is 1.91 bits per heavy atom. The summed E-state index contributed by atoms with van der Waals surface area (Å²) in [5.41, 5.74) is 6.89. The third kappa shape index (κ3) is 10.6. The van der Waals surface area contributed by atoms with Crippen molar-refractivity contribution in [3.05, 3.63) is 114 Å². The van der Waals surface area contributed by atoms with Crippen molar-refractivity contribution in [1.82, 2.24) is 40.7 Å². The summed E-state index contributed by atoms with van der Waals surface area (Å²) in [6.45, 7) is 11.6. The minimum Gasteiger partial charge on any atom is -0.315 e. The third-order valence-electron chi connectivity index (χ3n) is 7.76. The van der Waals surface area contributed by atoms with Gasteiger partial charge in [-0.15, -0.1) is 0 Å². The first-order valence-electron chi connectivity index (χ1n) is 15.7. The number of nitrogens with one attached hydrogen (secondary N) is 3. The number of hydrogen-bond acceptors (Lipinski definition) is 8. The van der Waals surface area contributed by atoms with Gasteiger partial charge in [-0.05, 0) is 80.5 Å². The molecule has 43 heavy (non-hydrogen) atoms. The smallest absolute Gasteiger partial charge is 0.0746 e. The van der Waals surface area contributed by atoms with Gasteiger partial charge < -0.3 is 16.0 Å². The minimum atomic E-state index is 0.765. The van der Waals surface area contributed by atoms with E-state index in [2.05, 4.69) is 84.2 Å². The molecule has 1 aliphatic rings. The lowest BCUT2D eigenvalue weighted by Gasteiger charge is -2.24. The monoisotopic (exact) mass is 578 g/mol. The van der Waals surface area contributed by atoms with Crippen LogP contribution in [0.3, 0.4) is 0 Å². The van der Waals surface area contributed by atoms with Crippen LogP contribution in [-0.2, 0) is 26.2 Å². The van der Waals surface area contributed by atoms with Crippen molar-refractivity contribution in [2.75, 3.05) is 52.4 Å². The van der Waals surface area contributed by atoms with Crippen LogP contribution in [-0.4, -0.2) is 77.1 Å². The zero-order chi connectivity index (χ0) is 29.4. The molecule has 0 amide bonds. The molecule has 3 N–H and O–H groups in total. The zero-order valence-corrected chi connectivity index (χ0v) is 25.3. The minimum absolute atomic E-state index is 0.765. The van der Waals surface area contributed by atoms with Crippen molar-refractivity contribution in [1.29, 1.82) is 0 Å². The lowest BCUT2D eigenvalue weighted by Crippen LogP contribution is -2.36. The highest BCUT2D eigenvalue weighted by molar-refractivity contribution is 5.63. The van der Waals surface area contributed by atoms with E-state index in [1.54, 1.807) is 0 Å². The van der Waals surface area contributed by atoms with E-state index in [-0.39, 0.29) is 0 Å². The predicted molar refractivity (Wildman–Crippen MR) is 174 cm³/mol. The molecule has 226 valence electrons. The van der Waals surface area contributed by atoms with Gasteiger partial charge in [0.2, 0.25) is 0 Å². The lowest BCUT2D eigenvalue weighted by molar-refractivity contribution is 0.242. The van der Waals surface area contributed by atoms with Gasteiger partial charge in [0.25, 0.3) is 0 Å². The van der Waals surface area contributed by atoms with E-state index >= 15 is 0 Å². The van der Waals surface area contributed by atoms with Crippen LogP contribution < -0.4 is 16.0 Å². The molecular formula is C35H46N8. The Kier molecular flexibility index (Phi) is 12.6. The van der Waals surface area contributed by atoms with Crippen LogP contribution in [0.2, 0.25) is 0 Å². The molecule has 0 bridgehead atoms. The van der Waals surface area contributed by atoms with E-state index in [0.29, 0.717) is 0 Å². The summed E-state index contributed by atoms with van der Waals surface area (Å²) in [4.78, 5) is 19.0. The molecule has 8 nitrogen and oxygen atoms in total. The van der Waals surface area contributed by atoms with E-state index in [1.165, 1.54) is 11.1 Å². The highest BCUT2D eigenvalue weighted by Crippen LogP contribution is 2.24. The Hall–Kier alpha value is -3.53. The molecule has 4 aromatic rings. The van der Waals surface area contributed by atoms with Gasteiger partial charge in [0.05, 0.1) is 17.1 Å². The van der Waals surface area contributed by atoms with Crippen molar-refractivity contribution >= 4 is 0 Å². The molecule has 0 radical (unpaired) electrons. The first-order valence-corrected chi connectivity index (χ1v) is 15.7. The number of pyridine rings is 3.